The first-order valence-corrected chi connectivity index (χ1v) is 10.2. The first-order chi connectivity index (χ1) is 15.7. The van der Waals surface area contributed by atoms with E-state index in [0.717, 1.165) is 6.42 Å². The van der Waals surface area contributed by atoms with Crippen molar-refractivity contribution in [2.45, 2.75) is 25.4 Å². The number of amides is 1. The summed E-state index contributed by atoms with van der Waals surface area (Å²) in [5.41, 5.74) is -1.39. The molecule has 170 valence electrons. The van der Waals surface area contributed by atoms with E-state index in [4.69, 9.17) is 0 Å². The minimum atomic E-state index is -4.82. The Kier molecular flexibility index (Phi) is 6.17. The minimum Gasteiger partial charge on any atom is -0.351 e. The average Bonchev–Trinajstić information content (AvgIpc) is 3.62. The molecule has 1 aliphatic carbocycles. The summed E-state index contributed by atoms with van der Waals surface area (Å²) in [7, 11) is 0. The van der Waals surface area contributed by atoms with Gasteiger partial charge in [-0.3, -0.25) is 14.6 Å². The zero-order chi connectivity index (χ0) is 23.6. The van der Waals surface area contributed by atoms with Crippen LogP contribution in [0.5, 0.6) is 0 Å². The van der Waals surface area contributed by atoms with E-state index in [1.807, 2.05) is 0 Å². The summed E-state index contributed by atoms with van der Waals surface area (Å²) in [6, 6.07) is 7.42. The van der Waals surface area contributed by atoms with Crippen molar-refractivity contribution in [3.05, 3.63) is 77.0 Å². The Morgan fingerprint density at radius 1 is 1.00 bits per heavy atom. The van der Waals surface area contributed by atoms with E-state index in [1.54, 1.807) is 6.07 Å². The van der Waals surface area contributed by atoms with Crippen LogP contribution in [0.2, 0.25) is 0 Å². The van der Waals surface area contributed by atoms with Crippen molar-refractivity contribution in [3.63, 3.8) is 0 Å². The highest BCUT2D eigenvalue weighted by atomic mass is 19.4. The smallest absolute Gasteiger partial charge is 0.351 e. The molecule has 1 aromatic carbocycles. The molecule has 2 heterocycles. The lowest BCUT2D eigenvalue weighted by Crippen LogP contribution is -2.25. The van der Waals surface area contributed by atoms with Crippen molar-refractivity contribution >= 4 is 11.7 Å². The van der Waals surface area contributed by atoms with Crippen LogP contribution >= 0.6 is 0 Å². The number of hydrogen-bond acceptors (Lipinski definition) is 5. The van der Waals surface area contributed by atoms with Gasteiger partial charge in [-0.05, 0) is 54.8 Å². The molecule has 3 aromatic rings. The number of nitrogens with one attached hydrogen (secondary N) is 1. The number of benzene rings is 1. The molecule has 6 nitrogen and oxygen atoms in total. The monoisotopic (exact) mass is 458 g/mol. The maximum absolute atomic E-state index is 13.5. The van der Waals surface area contributed by atoms with E-state index >= 15 is 0 Å². The lowest BCUT2D eigenvalue weighted by Gasteiger charge is -2.12. The van der Waals surface area contributed by atoms with Crippen molar-refractivity contribution < 1.29 is 27.2 Å². The molecule has 1 amide bonds. The van der Waals surface area contributed by atoms with E-state index in [2.05, 4.69) is 20.5 Å². The van der Waals surface area contributed by atoms with Crippen LogP contribution in [-0.4, -0.2) is 33.4 Å². The molecule has 1 saturated carbocycles. The minimum absolute atomic E-state index is 0.153. The van der Waals surface area contributed by atoms with Gasteiger partial charge in [0.2, 0.25) is 5.78 Å². The molecule has 4 rings (SSSR count). The fourth-order valence-electron chi connectivity index (χ4n) is 3.26. The molecule has 0 atom stereocenters. The summed E-state index contributed by atoms with van der Waals surface area (Å²) in [6.07, 6.45) is -0.226. The molecule has 0 saturated heterocycles. The second-order valence-corrected chi connectivity index (χ2v) is 7.74. The molecule has 1 N–H and O–H groups in total. The van der Waals surface area contributed by atoms with Crippen LogP contribution in [0.1, 0.15) is 51.4 Å². The van der Waals surface area contributed by atoms with Gasteiger partial charge in [0.1, 0.15) is 11.5 Å². The van der Waals surface area contributed by atoms with Gasteiger partial charge in [0, 0.05) is 23.9 Å². The first-order valence-electron chi connectivity index (χ1n) is 10.2. The second-order valence-electron chi connectivity index (χ2n) is 7.74. The number of carbonyl (C=O) groups excluding carboxylic acids is 2. The third-order valence-electron chi connectivity index (χ3n) is 5.26. The number of ketones is 1. The average molecular weight is 458 g/mol. The number of hydrogen-bond donors (Lipinski definition) is 1. The van der Waals surface area contributed by atoms with Crippen LogP contribution < -0.4 is 5.32 Å². The Morgan fingerprint density at radius 2 is 1.76 bits per heavy atom. The zero-order valence-corrected chi connectivity index (χ0v) is 17.2. The van der Waals surface area contributed by atoms with Crippen LogP contribution in [0.15, 0.2) is 48.7 Å². The van der Waals surface area contributed by atoms with E-state index in [0.29, 0.717) is 41.9 Å². The molecular weight excluding hydrogens is 440 g/mol. The Balaban J connectivity index is 1.48. The second kappa shape index (κ2) is 9.05. The van der Waals surface area contributed by atoms with E-state index in [1.165, 1.54) is 37.2 Å². The summed E-state index contributed by atoms with van der Waals surface area (Å²) in [4.78, 5) is 28.6. The predicted molar refractivity (Wildman–Crippen MR) is 110 cm³/mol. The Morgan fingerprint density at radius 3 is 2.36 bits per heavy atom. The highest BCUT2D eigenvalue weighted by Gasteiger charge is 2.35. The molecule has 1 aliphatic rings. The highest BCUT2D eigenvalue weighted by molar-refractivity contribution is 6.08. The lowest BCUT2D eigenvalue weighted by molar-refractivity contribution is -0.137. The number of rotatable bonds is 7. The normalized spacial score (nSPS) is 13.6. The SMILES string of the molecule is O=C(NCCC1CC1)c1ccc(-c2ccc(C(=O)c3cc(F)ccc3C(F)(F)F)nc2)nn1. The van der Waals surface area contributed by atoms with Gasteiger partial charge in [0.05, 0.1) is 11.3 Å². The van der Waals surface area contributed by atoms with Crippen molar-refractivity contribution in [2.24, 2.45) is 5.92 Å². The predicted octanol–water partition coefficient (Wildman–Crippen LogP) is 4.46. The van der Waals surface area contributed by atoms with Gasteiger partial charge in [-0.15, -0.1) is 10.2 Å². The van der Waals surface area contributed by atoms with Gasteiger partial charge < -0.3 is 5.32 Å². The van der Waals surface area contributed by atoms with E-state index < -0.39 is 28.9 Å². The van der Waals surface area contributed by atoms with Gasteiger partial charge >= 0.3 is 6.18 Å². The number of pyridine rings is 1. The summed E-state index contributed by atoms with van der Waals surface area (Å²) < 4.78 is 53.1. The summed E-state index contributed by atoms with van der Waals surface area (Å²) >= 11 is 0. The summed E-state index contributed by atoms with van der Waals surface area (Å²) in [5, 5.41) is 10.7. The third-order valence-corrected chi connectivity index (χ3v) is 5.26. The molecule has 0 aliphatic heterocycles. The molecule has 0 radical (unpaired) electrons. The number of carbonyl (C=O) groups is 2. The van der Waals surface area contributed by atoms with E-state index in [9.17, 15) is 27.2 Å². The quantitative estimate of drug-likeness (QED) is 0.418. The molecular formula is C23H18F4N4O2. The zero-order valence-electron chi connectivity index (χ0n) is 17.2. The highest BCUT2D eigenvalue weighted by Crippen LogP contribution is 2.33. The molecule has 10 heteroatoms. The lowest BCUT2D eigenvalue weighted by atomic mass is 10.00. The maximum Gasteiger partial charge on any atom is 0.417 e. The fraction of sp³-hybridized carbons (Fsp3) is 0.261. The van der Waals surface area contributed by atoms with Crippen molar-refractivity contribution in [1.82, 2.24) is 20.5 Å². The van der Waals surface area contributed by atoms with Crippen molar-refractivity contribution in [3.8, 4) is 11.3 Å². The number of alkyl halides is 3. The largest absolute Gasteiger partial charge is 0.417 e. The van der Waals surface area contributed by atoms with Crippen LogP contribution in [0, 0.1) is 11.7 Å². The standard InChI is InChI=1S/C23H18F4N4O2/c24-15-4-5-17(23(25,26)27)16(11-15)21(32)19-6-3-14(12-29-19)18-7-8-20(31-30-18)22(33)28-10-9-13-1-2-13/h3-8,11-13H,1-2,9-10H2,(H,28,33). The van der Waals surface area contributed by atoms with Gasteiger partial charge in [0.15, 0.2) is 5.69 Å². The van der Waals surface area contributed by atoms with Crippen LogP contribution in [0.25, 0.3) is 11.3 Å². The Bertz CT molecular complexity index is 1170. The van der Waals surface area contributed by atoms with Crippen molar-refractivity contribution in [1.29, 1.82) is 0 Å². The molecule has 2 aromatic heterocycles. The molecule has 33 heavy (non-hydrogen) atoms. The number of aromatic nitrogens is 3. The molecule has 0 bridgehead atoms. The van der Waals surface area contributed by atoms with Crippen LogP contribution in [0.3, 0.4) is 0 Å². The number of nitrogens with zero attached hydrogens (tertiary/aromatic N) is 3. The fourth-order valence-corrected chi connectivity index (χ4v) is 3.26. The van der Waals surface area contributed by atoms with Crippen molar-refractivity contribution in [2.75, 3.05) is 6.54 Å². The van der Waals surface area contributed by atoms with Gasteiger partial charge in [0.25, 0.3) is 5.91 Å². The molecule has 0 spiro atoms. The maximum atomic E-state index is 13.5. The Hall–Kier alpha value is -3.69. The first kappa shape index (κ1) is 22.5. The van der Waals surface area contributed by atoms with E-state index in [-0.39, 0.29) is 17.3 Å². The van der Waals surface area contributed by atoms with Crippen LogP contribution in [-0.2, 0) is 6.18 Å². The molecule has 1 fully saturated rings. The topological polar surface area (TPSA) is 84.8 Å². The van der Waals surface area contributed by atoms with Gasteiger partial charge in [-0.25, -0.2) is 4.39 Å². The van der Waals surface area contributed by atoms with Gasteiger partial charge in [-0.2, -0.15) is 13.2 Å². The third kappa shape index (κ3) is 5.39. The van der Waals surface area contributed by atoms with Gasteiger partial charge in [-0.1, -0.05) is 12.8 Å². The summed E-state index contributed by atoms with van der Waals surface area (Å²) in [5.74, 6) is -1.65. The Labute approximate surface area is 186 Å². The summed E-state index contributed by atoms with van der Waals surface area (Å²) in [6.45, 7) is 0.577. The molecule has 0 unspecified atom stereocenters. The van der Waals surface area contributed by atoms with Crippen LogP contribution in [0.4, 0.5) is 17.6 Å². The number of halogens is 4.